The highest BCUT2D eigenvalue weighted by molar-refractivity contribution is 9.10. The van der Waals surface area contributed by atoms with Gasteiger partial charge >= 0.3 is 0 Å². The topological polar surface area (TPSA) is 66.5 Å². The maximum atomic E-state index is 13.2. The SMILES string of the molecule is O=C(CN(CCc1ccccc1)S(=O)(=O)c1ccc(Cl)cc1)Nc1ccccc1Br. The zero-order chi connectivity index (χ0) is 21.6. The summed E-state index contributed by atoms with van der Waals surface area (Å²) < 4.78 is 28.3. The number of anilines is 1. The lowest BCUT2D eigenvalue weighted by molar-refractivity contribution is -0.116. The molecule has 3 aromatic carbocycles. The fourth-order valence-corrected chi connectivity index (χ4v) is 4.76. The van der Waals surface area contributed by atoms with Crippen LogP contribution in [0.1, 0.15) is 5.56 Å². The summed E-state index contributed by atoms with van der Waals surface area (Å²) in [5, 5.41) is 3.20. The molecule has 30 heavy (non-hydrogen) atoms. The molecule has 3 aromatic rings. The molecule has 156 valence electrons. The Morgan fingerprint density at radius 3 is 2.23 bits per heavy atom. The van der Waals surface area contributed by atoms with E-state index in [1.54, 1.807) is 18.2 Å². The van der Waals surface area contributed by atoms with Gasteiger partial charge in [-0.05, 0) is 64.3 Å². The van der Waals surface area contributed by atoms with Crippen molar-refractivity contribution in [1.29, 1.82) is 0 Å². The van der Waals surface area contributed by atoms with Crippen LogP contribution in [0.3, 0.4) is 0 Å². The number of hydrogen-bond donors (Lipinski definition) is 1. The van der Waals surface area contributed by atoms with Crippen LogP contribution in [-0.2, 0) is 21.2 Å². The average Bonchev–Trinajstić information content (AvgIpc) is 2.74. The van der Waals surface area contributed by atoms with Gasteiger partial charge in [-0.1, -0.05) is 54.1 Å². The number of nitrogens with zero attached hydrogens (tertiary/aromatic N) is 1. The van der Waals surface area contributed by atoms with Crippen LogP contribution in [0.2, 0.25) is 5.02 Å². The summed E-state index contributed by atoms with van der Waals surface area (Å²) in [6.45, 7) is -0.141. The molecule has 0 aliphatic rings. The number of carbonyl (C=O) groups is 1. The quantitative estimate of drug-likeness (QED) is 0.468. The predicted octanol–water partition coefficient (Wildman–Crippen LogP) is 4.97. The molecular formula is C22H20BrClN2O3S. The molecule has 0 aliphatic carbocycles. The minimum absolute atomic E-state index is 0.0913. The van der Waals surface area contributed by atoms with Gasteiger partial charge in [-0.25, -0.2) is 8.42 Å². The molecule has 0 aliphatic heterocycles. The van der Waals surface area contributed by atoms with E-state index in [9.17, 15) is 13.2 Å². The third kappa shape index (κ3) is 5.92. The Morgan fingerprint density at radius 1 is 0.933 bits per heavy atom. The number of halogens is 2. The van der Waals surface area contributed by atoms with E-state index in [4.69, 9.17) is 11.6 Å². The zero-order valence-corrected chi connectivity index (χ0v) is 19.1. The molecule has 1 amide bonds. The van der Waals surface area contributed by atoms with Crippen LogP contribution < -0.4 is 5.32 Å². The number of para-hydroxylation sites is 1. The van der Waals surface area contributed by atoms with Crippen LogP contribution >= 0.6 is 27.5 Å². The molecule has 0 fully saturated rings. The van der Waals surface area contributed by atoms with Crippen molar-refractivity contribution in [3.8, 4) is 0 Å². The summed E-state index contributed by atoms with van der Waals surface area (Å²) in [4.78, 5) is 12.8. The maximum absolute atomic E-state index is 13.2. The van der Waals surface area contributed by atoms with Crippen molar-refractivity contribution in [1.82, 2.24) is 4.31 Å². The molecule has 0 saturated heterocycles. The van der Waals surface area contributed by atoms with E-state index in [2.05, 4.69) is 21.2 Å². The first kappa shape index (κ1) is 22.5. The molecule has 8 heteroatoms. The molecule has 1 N–H and O–H groups in total. The largest absolute Gasteiger partial charge is 0.324 e. The Balaban J connectivity index is 1.82. The van der Waals surface area contributed by atoms with Crippen molar-refractivity contribution in [2.75, 3.05) is 18.4 Å². The Bertz CT molecular complexity index is 1110. The highest BCUT2D eigenvalue weighted by Gasteiger charge is 2.26. The highest BCUT2D eigenvalue weighted by atomic mass is 79.9. The van der Waals surface area contributed by atoms with Crippen LogP contribution in [0.15, 0.2) is 88.2 Å². The first-order valence-electron chi connectivity index (χ1n) is 9.20. The van der Waals surface area contributed by atoms with Gasteiger partial charge in [-0.3, -0.25) is 4.79 Å². The molecule has 3 rings (SSSR count). The second kappa shape index (κ2) is 10.2. The lowest BCUT2D eigenvalue weighted by atomic mass is 10.1. The number of rotatable bonds is 8. The third-order valence-corrected chi connectivity index (χ3v) is 7.21. The molecule has 0 unspecified atom stereocenters. The van der Waals surface area contributed by atoms with Gasteiger partial charge in [0.2, 0.25) is 15.9 Å². The smallest absolute Gasteiger partial charge is 0.243 e. The summed E-state index contributed by atoms with van der Waals surface area (Å²) in [6.07, 6.45) is 0.482. The van der Waals surface area contributed by atoms with E-state index in [1.807, 2.05) is 36.4 Å². The van der Waals surface area contributed by atoms with Crippen LogP contribution in [-0.4, -0.2) is 31.7 Å². The summed E-state index contributed by atoms with van der Waals surface area (Å²) in [5.41, 5.74) is 1.56. The summed E-state index contributed by atoms with van der Waals surface area (Å²) in [5.74, 6) is -0.424. The lowest BCUT2D eigenvalue weighted by Crippen LogP contribution is -2.39. The molecule has 5 nitrogen and oxygen atoms in total. The van der Waals surface area contributed by atoms with Crippen molar-refractivity contribution in [2.24, 2.45) is 0 Å². The van der Waals surface area contributed by atoms with E-state index in [-0.39, 0.29) is 18.0 Å². The second-order valence-corrected chi connectivity index (χ2v) is 9.78. The van der Waals surface area contributed by atoms with E-state index in [0.717, 1.165) is 10.0 Å². The molecule has 0 heterocycles. The van der Waals surface area contributed by atoms with E-state index in [0.29, 0.717) is 17.1 Å². The molecule has 0 saturated carbocycles. The maximum Gasteiger partial charge on any atom is 0.243 e. The minimum atomic E-state index is -3.88. The van der Waals surface area contributed by atoms with E-state index >= 15 is 0 Å². The van der Waals surface area contributed by atoms with Gasteiger partial charge in [-0.15, -0.1) is 0 Å². The van der Waals surface area contributed by atoms with Gasteiger partial charge in [0.15, 0.2) is 0 Å². The average molecular weight is 508 g/mol. The molecule has 0 radical (unpaired) electrons. The van der Waals surface area contributed by atoms with Gasteiger partial charge in [-0.2, -0.15) is 4.31 Å². The van der Waals surface area contributed by atoms with Crippen molar-refractivity contribution >= 4 is 49.1 Å². The fourth-order valence-electron chi connectivity index (χ4n) is 2.85. The normalized spacial score (nSPS) is 11.4. The van der Waals surface area contributed by atoms with Gasteiger partial charge in [0, 0.05) is 16.0 Å². The first-order chi connectivity index (χ1) is 14.4. The number of sulfonamides is 1. The van der Waals surface area contributed by atoms with Crippen LogP contribution in [0.25, 0.3) is 0 Å². The van der Waals surface area contributed by atoms with Crippen molar-refractivity contribution in [3.05, 3.63) is 93.9 Å². The van der Waals surface area contributed by atoms with Gasteiger partial charge < -0.3 is 5.32 Å². The summed E-state index contributed by atoms with van der Waals surface area (Å²) >= 11 is 9.27. The van der Waals surface area contributed by atoms with Crippen LogP contribution in [0.5, 0.6) is 0 Å². The summed E-state index contributed by atoms with van der Waals surface area (Å²) in [6, 6.07) is 22.6. The molecule has 0 aromatic heterocycles. The molecular weight excluding hydrogens is 488 g/mol. The number of nitrogens with one attached hydrogen (secondary N) is 1. The first-order valence-corrected chi connectivity index (χ1v) is 11.8. The molecule has 0 atom stereocenters. The van der Waals surface area contributed by atoms with Crippen LogP contribution in [0, 0.1) is 0 Å². The fraction of sp³-hybridized carbons (Fsp3) is 0.136. The van der Waals surface area contributed by atoms with E-state index in [1.165, 1.54) is 28.6 Å². The highest BCUT2D eigenvalue weighted by Crippen LogP contribution is 2.22. The zero-order valence-electron chi connectivity index (χ0n) is 16.0. The minimum Gasteiger partial charge on any atom is -0.324 e. The van der Waals surface area contributed by atoms with E-state index < -0.39 is 15.9 Å². The molecule has 0 spiro atoms. The van der Waals surface area contributed by atoms with Crippen molar-refractivity contribution in [2.45, 2.75) is 11.3 Å². The number of amides is 1. The van der Waals surface area contributed by atoms with Crippen LogP contribution in [0.4, 0.5) is 5.69 Å². The van der Waals surface area contributed by atoms with Gasteiger partial charge in [0.1, 0.15) is 0 Å². The number of carbonyl (C=O) groups excluding carboxylic acids is 1. The Morgan fingerprint density at radius 2 is 1.57 bits per heavy atom. The Kier molecular flexibility index (Phi) is 7.66. The number of benzene rings is 3. The second-order valence-electron chi connectivity index (χ2n) is 6.56. The Labute approximate surface area is 189 Å². The van der Waals surface area contributed by atoms with Gasteiger partial charge in [0.25, 0.3) is 0 Å². The Hall–Kier alpha value is -2.19. The van der Waals surface area contributed by atoms with Gasteiger partial charge in [0.05, 0.1) is 17.1 Å². The van der Waals surface area contributed by atoms with Crippen molar-refractivity contribution in [3.63, 3.8) is 0 Å². The molecule has 0 bridgehead atoms. The number of hydrogen-bond acceptors (Lipinski definition) is 3. The third-order valence-electron chi connectivity index (χ3n) is 4.41. The van der Waals surface area contributed by atoms with Crippen molar-refractivity contribution < 1.29 is 13.2 Å². The predicted molar refractivity (Wildman–Crippen MR) is 123 cm³/mol. The standard InChI is InChI=1S/C22H20BrClN2O3S/c23-20-8-4-5-9-21(20)25-22(27)16-26(15-14-17-6-2-1-3-7-17)30(28,29)19-12-10-18(24)11-13-19/h1-13H,14-16H2,(H,25,27). The summed E-state index contributed by atoms with van der Waals surface area (Å²) in [7, 11) is -3.88. The monoisotopic (exact) mass is 506 g/mol. The lowest BCUT2D eigenvalue weighted by Gasteiger charge is -2.22.